The molecule has 0 aliphatic carbocycles. The number of hydrogen-bond acceptors (Lipinski definition) is 8. The van der Waals surface area contributed by atoms with E-state index in [9.17, 15) is 24.8 Å². The highest BCUT2D eigenvalue weighted by atomic mass is 32.1. The normalized spacial score (nSPS) is 17.1. The molecule has 5 rings (SSSR count). The Morgan fingerprint density at radius 1 is 1.11 bits per heavy atom. The second-order valence-electron chi connectivity index (χ2n) is 8.22. The second-order valence-corrected chi connectivity index (χ2v) is 9.23. The molecule has 0 spiro atoms. The van der Waals surface area contributed by atoms with E-state index < -0.39 is 28.4 Å². The fourth-order valence-electron chi connectivity index (χ4n) is 4.20. The summed E-state index contributed by atoms with van der Waals surface area (Å²) in [6.07, 6.45) is 0. The number of carbonyl (C=O) groups excluding carboxylic acids is 2. The van der Waals surface area contributed by atoms with Crippen molar-refractivity contribution in [2.45, 2.75) is 13.0 Å². The summed E-state index contributed by atoms with van der Waals surface area (Å²) in [5.41, 5.74) is 2.07. The largest absolute Gasteiger partial charge is 0.507 e. The number of benzene rings is 3. The number of aryl methyl sites for hydroxylation is 1. The Labute approximate surface area is 209 Å². The number of nitrogens with zero attached hydrogens (tertiary/aromatic N) is 3. The summed E-state index contributed by atoms with van der Waals surface area (Å²) >= 11 is 1.23. The van der Waals surface area contributed by atoms with Gasteiger partial charge in [0.25, 0.3) is 11.5 Å². The molecule has 1 aliphatic rings. The predicted molar refractivity (Wildman–Crippen MR) is 135 cm³/mol. The van der Waals surface area contributed by atoms with Crippen molar-refractivity contribution in [3.63, 3.8) is 0 Å². The van der Waals surface area contributed by atoms with Crippen LogP contribution in [0.5, 0.6) is 5.75 Å². The van der Waals surface area contributed by atoms with Crippen molar-refractivity contribution >= 4 is 49.8 Å². The zero-order valence-corrected chi connectivity index (χ0v) is 20.0. The van der Waals surface area contributed by atoms with Crippen molar-refractivity contribution in [2.24, 2.45) is 0 Å². The zero-order chi connectivity index (χ0) is 25.6. The molecule has 0 bridgehead atoms. The number of methoxy groups -OCH3 is 1. The molecule has 1 atom stereocenters. The van der Waals surface area contributed by atoms with Gasteiger partial charge in [0.2, 0.25) is 0 Å². The minimum atomic E-state index is -0.942. The minimum absolute atomic E-state index is 0.115. The number of nitro groups is 1. The van der Waals surface area contributed by atoms with Crippen LogP contribution < -0.4 is 9.64 Å². The molecule has 36 heavy (non-hydrogen) atoms. The van der Waals surface area contributed by atoms with Crippen molar-refractivity contribution in [3.05, 3.63) is 99.1 Å². The number of non-ortho nitro benzene ring substituents is 1. The maximum atomic E-state index is 13.3. The predicted octanol–water partition coefficient (Wildman–Crippen LogP) is 5.15. The van der Waals surface area contributed by atoms with Crippen LogP contribution in [0.2, 0.25) is 0 Å². The number of anilines is 1. The lowest BCUT2D eigenvalue weighted by Gasteiger charge is -2.23. The van der Waals surface area contributed by atoms with Crippen LogP contribution in [-0.4, -0.2) is 33.8 Å². The smallest absolute Gasteiger partial charge is 0.301 e. The summed E-state index contributed by atoms with van der Waals surface area (Å²) in [5, 5.41) is 22.5. The van der Waals surface area contributed by atoms with Crippen molar-refractivity contribution in [1.29, 1.82) is 0 Å². The molecule has 0 saturated carbocycles. The second kappa shape index (κ2) is 8.90. The van der Waals surface area contributed by atoms with Crippen LogP contribution in [0.15, 0.2) is 72.3 Å². The molecule has 1 fully saturated rings. The molecular weight excluding hydrogens is 482 g/mol. The lowest BCUT2D eigenvalue weighted by Crippen LogP contribution is -2.29. The summed E-state index contributed by atoms with van der Waals surface area (Å²) < 4.78 is 6.05. The van der Waals surface area contributed by atoms with Gasteiger partial charge in [0.1, 0.15) is 11.5 Å². The van der Waals surface area contributed by atoms with Gasteiger partial charge in [0.05, 0.1) is 33.9 Å². The molecular formula is C26H19N3O6S. The quantitative estimate of drug-likeness (QED) is 0.132. The molecule has 1 amide bonds. The van der Waals surface area contributed by atoms with E-state index in [1.54, 1.807) is 37.4 Å². The highest BCUT2D eigenvalue weighted by Gasteiger charge is 2.48. The number of carbonyl (C=O) groups is 2. The van der Waals surface area contributed by atoms with E-state index >= 15 is 0 Å². The van der Waals surface area contributed by atoms with Gasteiger partial charge in [0, 0.05) is 17.7 Å². The summed E-state index contributed by atoms with van der Waals surface area (Å²) in [4.78, 5) is 43.0. The fraction of sp³-hybridized carbons (Fsp3) is 0.115. The third kappa shape index (κ3) is 3.87. The van der Waals surface area contributed by atoms with Crippen LogP contribution in [0.25, 0.3) is 16.0 Å². The van der Waals surface area contributed by atoms with E-state index in [1.165, 1.54) is 40.5 Å². The number of rotatable bonds is 5. The molecule has 1 unspecified atom stereocenters. The first kappa shape index (κ1) is 23.2. The summed E-state index contributed by atoms with van der Waals surface area (Å²) in [7, 11) is 1.55. The van der Waals surface area contributed by atoms with Crippen molar-refractivity contribution in [3.8, 4) is 5.75 Å². The average Bonchev–Trinajstić information content (AvgIpc) is 3.41. The highest BCUT2D eigenvalue weighted by molar-refractivity contribution is 7.22. The average molecular weight is 502 g/mol. The lowest BCUT2D eigenvalue weighted by molar-refractivity contribution is -0.384. The standard InChI is InChI=1S/C26H19N3O6S/c1-14-4-3-5-16(12-14)22-21(23(30)15-6-8-17(9-7-15)29(33)34)24(31)25(32)28(22)26-27-19-11-10-18(35-2)13-20(19)36-26/h3-13,22,30H,1-2H3/b23-21+. The van der Waals surface area contributed by atoms with E-state index in [2.05, 4.69) is 4.98 Å². The number of fused-ring (bicyclic) bond motifs is 1. The number of ketones is 1. The Hall–Kier alpha value is -4.57. The Balaban J connectivity index is 1.70. The minimum Gasteiger partial charge on any atom is -0.507 e. The third-order valence-electron chi connectivity index (χ3n) is 5.94. The molecule has 0 radical (unpaired) electrons. The van der Waals surface area contributed by atoms with Crippen molar-refractivity contribution in [1.82, 2.24) is 4.98 Å². The molecule has 1 N–H and O–H groups in total. The molecule has 10 heteroatoms. The molecule has 3 aromatic carbocycles. The van der Waals surface area contributed by atoms with Crippen LogP contribution in [0, 0.1) is 17.0 Å². The first-order valence-corrected chi connectivity index (χ1v) is 11.7. The maximum absolute atomic E-state index is 13.3. The van der Waals surface area contributed by atoms with E-state index in [4.69, 9.17) is 4.74 Å². The molecule has 9 nitrogen and oxygen atoms in total. The van der Waals surface area contributed by atoms with Crippen LogP contribution in [-0.2, 0) is 9.59 Å². The Morgan fingerprint density at radius 3 is 2.53 bits per heavy atom. The highest BCUT2D eigenvalue weighted by Crippen LogP contribution is 2.44. The molecule has 1 aliphatic heterocycles. The maximum Gasteiger partial charge on any atom is 0.301 e. The van der Waals surface area contributed by atoms with Crippen molar-refractivity contribution in [2.75, 3.05) is 12.0 Å². The lowest BCUT2D eigenvalue weighted by atomic mass is 9.94. The van der Waals surface area contributed by atoms with Gasteiger partial charge in [-0.3, -0.25) is 24.6 Å². The number of aliphatic hydroxyl groups is 1. The number of amides is 1. The van der Waals surface area contributed by atoms with E-state index in [1.807, 2.05) is 19.1 Å². The van der Waals surface area contributed by atoms with Crippen molar-refractivity contribution < 1.29 is 24.4 Å². The fourth-order valence-corrected chi connectivity index (χ4v) is 5.23. The number of hydrogen-bond donors (Lipinski definition) is 1. The summed E-state index contributed by atoms with van der Waals surface area (Å²) in [6, 6.07) is 16.8. The first-order valence-electron chi connectivity index (χ1n) is 10.9. The van der Waals surface area contributed by atoms with Gasteiger partial charge in [-0.25, -0.2) is 4.98 Å². The van der Waals surface area contributed by atoms with Crippen LogP contribution >= 0.6 is 11.3 Å². The number of Topliss-reactive ketones (excluding diaryl/α,β-unsaturated/α-hetero) is 1. The summed E-state index contributed by atoms with van der Waals surface area (Å²) in [5.74, 6) is -1.47. The van der Waals surface area contributed by atoms with E-state index in [-0.39, 0.29) is 16.8 Å². The third-order valence-corrected chi connectivity index (χ3v) is 6.96. The molecule has 4 aromatic rings. The van der Waals surface area contributed by atoms with Gasteiger partial charge in [-0.05, 0) is 42.8 Å². The van der Waals surface area contributed by atoms with Gasteiger partial charge in [-0.15, -0.1) is 0 Å². The molecule has 2 heterocycles. The topological polar surface area (TPSA) is 123 Å². The number of aliphatic hydroxyl groups excluding tert-OH is 1. The van der Waals surface area contributed by atoms with Gasteiger partial charge >= 0.3 is 5.91 Å². The van der Waals surface area contributed by atoms with Crippen LogP contribution in [0.3, 0.4) is 0 Å². The number of aromatic nitrogens is 1. The van der Waals surface area contributed by atoms with Gasteiger partial charge < -0.3 is 9.84 Å². The first-order chi connectivity index (χ1) is 17.3. The Bertz CT molecular complexity index is 1570. The van der Waals surface area contributed by atoms with Crippen LogP contribution in [0.4, 0.5) is 10.8 Å². The molecule has 1 saturated heterocycles. The zero-order valence-electron chi connectivity index (χ0n) is 19.2. The number of nitro benzene ring substituents is 1. The van der Waals surface area contributed by atoms with E-state index in [0.717, 1.165) is 10.3 Å². The Morgan fingerprint density at radius 2 is 1.86 bits per heavy atom. The van der Waals surface area contributed by atoms with Gasteiger partial charge in [-0.1, -0.05) is 41.2 Å². The monoisotopic (exact) mass is 501 g/mol. The summed E-state index contributed by atoms with van der Waals surface area (Å²) in [6.45, 7) is 1.88. The van der Waals surface area contributed by atoms with E-state index in [0.29, 0.717) is 22.0 Å². The van der Waals surface area contributed by atoms with Gasteiger partial charge in [-0.2, -0.15) is 0 Å². The number of ether oxygens (including phenoxy) is 1. The van der Waals surface area contributed by atoms with Crippen LogP contribution in [0.1, 0.15) is 22.7 Å². The SMILES string of the molecule is COc1ccc2nc(N3C(=O)C(=O)/C(=C(/O)c4ccc([N+](=O)[O-])cc4)C3c3cccc(C)c3)sc2c1. The molecule has 1 aromatic heterocycles. The molecule has 180 valence electrons. The Kier molecular flexibility index (Phi) is 5.73. The number of thiazole rings is 1. The van der Waals surface area contributed by atoms with Gasteiger partial charge in [0.15, 0.2) is 5.13 Å².